The van der Waals surface area contributed by atoms with Crippen LogP contribution >= 0.6 is 0 Å². The number of nitrogens with one attached hydrogen (secondary N) is 2. The van der Waals surface area contributed by atoms with Gasteiger partial charge in [0.15, 0.2) is 0 Å². The third-order valence-corrected chi connectivity index (χ3v) is 4.88. The minimum absolute atomic E-state index is 0.234. The first-order valence-corrected chi connectivity index (χ1v) is 8.20. The zero-order chi connectivity index (χ0) is 14.8. The quantitative estimate of drug-likeness (QED) is 0.893. The summed E-state index contributed by atoms with van der Waals surface area (Å²) in [4.78, 5) is 22.0. The summed E-state index contributed by atoms with van der Waals surface area (Å²) in [5.41, 5.74) is 1.10. The molecule has 1 atom stereocenters. The van der Waals surface area contributed by atoms with E-state index in [1.54, 1.807) is 0 Å². The van der Waals surface area contributed by atoms with E-state index in [0.717, 1.165) is 50.3 Å². The van der Waals surface area contributed by atoms with Gasteiger partial charge in [-0.1, -0.05) is 6.42 Å². The molecule has 1 aromatic heterocycles. The lowest BCUT2D eigenvalue weighted by atomic mass is 9.84. The van der Waals surface area contributed by atoms with Crippen LogP contribution in [-0.2, 0) is 4.79 Å². The third-order valence-electron chi connectivity index (χ3n) is 4.88. The van der Waals surface area contributed by atoms with Crippen LogP contribution in [0.25, 0.3) is 0 Å². The van der Waals surface area contributed by atoms with Gasteiger partial charge in [0.2, 0.25) is 5.91 Å². The van der Waals surface area contributed by atoms with E-state index in [4.69, 9.17) is 0 Å². The molecule has 0 radical (unpaired) electrons. The van der Waals surface area contributed by atoms with Crippen molar-refractivity contribution in [2.24, 2.45) is 5.92 Å². The molecule has 5 heteroatoms. The van der Waals surface area contributed by atoms with E-state index in [-0.39, 0.29) is 6.04 Å². The lowest BCUT2D eigenvalue weighted by molar-refractivity contribution is -0.139. The molecule has 21 heavy (non-hydrogen) atoms. The summed E-state index contributed by atoms with van der Waals surface area (Å²) in [6.07, 6.45) is 7.39. The fourth-order valence-electron chi connectivity index (χ4n) is 3.27. The first-order chi connectivity index (χ1) is 10.1. The van der Waals surface area contributed by atoms with E-state index in [9.17, 15) is 4.79 Å². The Balaban J connectivity index is 1.46. The van der Waals surface area contributed by atoms with Gasteiger partial charge in [-0.15, -0.1) is 0 Å². The fourth-order valence-corrected chi connectivity index (χ4v) is 3.27. The van der Waals surface area contributed by atoms with Crippen molar-refractivity contribution in [2.75, 3.05) is 13.1 Å². The van der Waals surface area contributed by atoms with Gasteiger partial charge in [-0.05, 0) is 39.5 Å². The number of H-pyrrole nitrogens is 1. The molecule has 0 spiro atoms. The highest BCUT2D eigenvalue weighted by Gasteiger charge is 2.31. The first-order valence-electron chi connectivity index (χ1n) is 8.20. The highest BCUT2D eigenvalue weighted by atomic mass is 16.2. The molecular formula is C16H26N4O. The van der Waals surface area contributed by atoms with Crippen molar-refractivity contribution in [1.82, 2.24) is 20.2 Å². The van der Waals surface area contributed by atoms with Crippen LogP contribution in [0.4, 0.5) is 0 Å². The monoisotopic (exact) mass is 290 g/mol. The average Bonchev–Trinajstić information content (AvgIpc) is 2.84. The summed E-state index contributed by atoms with van der Waals surface area (Å²) in [6.45, 7) is 5.96. The van der Waals surface area contributed by atoms with Gasteiger partial charge < -0.3 is 15.2 Å². The maximum absolute atomic E-state index is 12.2. The predicted octanol–water partition coefficient (Wildman–Crippen LogP) is 2.16. The lowest BCUT2D eigenvalue weighted by Crippen LogP contribution is -2.48. The summed E-state index contributed by atoms with van der Waals surface area (Å²) in [5.74, 6) is 1.73. The van der Waals surface area contributed by atoms with Gasteiger partial charge in [0.05, 0.1) is 6.04 Å². The number of hydrogen-bond acceptors (Lipinski definition) is 3. The normalized spacial score (nSPS) is 22.1. The largest absolute Gasteiger partial charge is 0.345 e. The highest BCUT2D eigenvalue weighted by molar-refractivity contribution is 5.79. The van der Waals surface area contributed by atoms with Crippen LogP contribution < -0.4 is 5.32 Å². The van der Waals surface area contributed by atoms with Gasteiger partial charge in [0, 0.05) is 36.9 Å². The van der Waals surface area contributed by atoms with E-state index >= 15 is 0 Å². The third kappa shape index (κ3) is 3.28. The summed E-state index contributed by atoms with van der Waals surface area (Å²) in [6, 6.07) is 0.716. The van der Waals surface area contributed by atoms with Crippen molar-refractivity contribution >= 4 is 5.91 Å². The van der Waals surface area contributed by atoms with Crippen LogP contribution in [0.1, 0.15) is 56.6 Å². The summed E-state index contributed by atoms with van der Waals surface area (Å²) in [5, 5.41) is 3.63. The second-order valence-corrected chi connectivity index (χ2v) is 6.57. The number of aromatic nitrogens is 2. The molecule has 0 aromatic carbocycles. The van der Waals surface area contributed by atoms with Crippen LogP contribution in [0.2, 0.25) is 0 Å². The maximum Gasteiger partial charge on any atom is 0.225 e. The van der Waals surface area contributed by atoms with Gasteiger partial charge in [0.1, 0.15) is 5.82 Å². The Kier molecular flexibility index (Phi) is 4.29. The molecule has 0 unspecified atom stereocenters. The number of carbonyl (C=O) groups is 1. The molecule has 1 amide bonds. The molecule has 116 valence electrons. The van der Waals surface area contributed by atoms with Gasteiger partial charge in [0.25, 0.3) is 0 Å². The van der Waals surface area contributed by atoms with E-state index in [1.165, 1.54) is 6.42 Å². The van der Waals surface area contributed by atoms with Crippen molar-refractivity contribution in [3.05, 3.63) is 17.7 Å². The average molecular weight is 290 g/mol. The Labute approximate surface area is 126 Å². The second kappa shape index (κ2) is 6.18. The number of aromatic amines is 1. The van der Waals surface area contributed by atoms with E-state index in [1.807, 2.05) is 13.1 Å². The minimum Gasteiger partial charge on any atom is -0.345 e. The molecule has 2 fully saturated rings. The molecule has 1 aliphatic carbocycles. The van der Waals surface area contributed by atoms with Crippen molar-refractivity contribution in [3.63, 3.8) is 0 Å². The number of carbonyl (C=O) groups excluding carboxylic acids is 1. The molecule has 3 rings (SSSR count). The van der Waals surface area contributed by atoms with E-state index in [0.29, 0.717) is 17.9 Å². The van der Waals surface area contributed by atoms with Gasteiger partial charge >= 0.3 is 0 Å². The predicted molar refractivity (Wildman–Crippen MR) is 81.8 cm³/mol. The summed E-state index contributed by atoms with van der Waals surface area (Å²) >= 11 is 0. The second-order valence-electron chi connectivity index (χ2n) is 6.57. The van der Waals surface area contributed by atoms with Crippen LogP contribution in [-0.4, -0.2) is 39.9 Å². The topological polar surface area (TPSA) is 61.0 Å². The van der Waals surface area contributed by atoms with Crippen molar-refractivity contribution < 1.29 is 4.79 Å². The highest BCUT2D eigenvalue weighted by Crippen LogP contribution is 2.29. The molecule has 1 aliphatic heterocycles. The summed E-state index contributed by atoms with van der Waals surface area (Å²) in [7, 11) is 0. The molecule has 2 aliphatic rings. The molecule has 0 bridgehead atoms. The Bertz CT molecular complexity index is 486. The number of aryl methyl sites for hydroxylation is 1. The number of piperidine rings is 1. The van der Waals surface area contributed by atoms with Crippen LogP contribution in [0.15, 0.2) is 6.20 Å². The molecule has 1 saturated carbocycles. The van der Waals surface area contributed by atoms with Crippen LogP contribution in [0.3, 0.4) is 0 Å². The molecule has 2 N–H and O–H groups in total. The lowest BCUT2D eigenvalue weighted by Gasteiger charge is -2.37. The first kappa shape index (κ1) is 14.6. The van der Waals surface area contributed by atoms with Gasteiger partial charge in [-0.2, -0.15) is 0 Å². The molecule has 2 heterocycles. The Morgan fingerprint density at radius 2 is 2.10 bits per heavy atom. The number of rotatable bonds is 4. The summed E-state index contributed by atoms with van der Waals surface area (Å²) < 4.78 is 0. The zero-order valence-corrected chi connectivity index (χ0v) is 13.1. The molecule has 1 aromatic rings. The van der Waals surface area contributed by atoms with Crippen LogP contribution in [0.5, 0.6) is 0 Å². The zero-order valence-electron chi connectivity index (χ0n) is 13.1. The number of imidazole rings is 1. The number of likely N-dealkylation sites (tertiary alicyclic amines) is 1. The number of nitrogens with zero attached hydrogens (tertiary/aromatic N) is 2. The molecule has 1 saturated heterocycles. The number of amides is 1. The van der Waals surface area contributed by atoms with E-state index in [2.05, 4.69) is 27.1 Å². The Morgan fingerprint density at radius 1 is 1.38 bits per heavy atom. The van der Waals surface area contributed by atoms with E-state index < -0.39 is 0 Å². The molecular weight excluding hydrogens is 264 g/mol. The van der Waals surface area contributed by atoms with Crippen molar-refractivity contribution in [3.8, 4) is 0 Å². The maximum atomic E-state index is 12.2. The van der Waals surface area contributed by atoms with Gasteiger partial charge in [-0.3, -0.25) is 4.79 Å². The van der Waals surface area contributed by atoms with Crippen molar-refractivity contribution in [1.29, 1.82) is 0 Å². The van der Waals surface area contributed by atoms with Crippen LogP contribution in [0, 0.1) is 12.8 Å². The SMILES string of the molecule is Cc1cnc([C@@H](C)NC2CCN(C(=O)C3CCC3)CC2)[nH]1. The minimum atomic E-state index is 0.234. The fraction of sp³-hybridized carbons (Fsp3) is 0.750. The van der Waals surface area contributed by atoms with Crippen molar-refractivity contribution in [2.45, 2.75) is 58.0 Å². The molecule has 5 nitrogen and oxygen atoms in total. The number of hydrogen-bond donors (Lipinski definition) is 2. The Morgan fingerprint density at radius 3 is 2.62 bits per heavy atom. The van der Waals surface area contributed by atoms with Gasteiger partial charge in [-0.25, -0.2) is 4.98 Å². The standard InChI is InChI=1S/C16H26N4O/c1-11-10-17-15(18-11)12(2)19-14-6-8-20(9-7-14)16(21)13-4-3-5-13/h10,12-14,19H,3-9H2,1-2H3,(H,17,18)/t12-/m1/s1. The Hall–Kier alpha value is -1.36. The smallest absolute Gasteiger partial charge is 0.225 e.